The van der Waals surface area contributed by atoms with Crippen LogP contribution >= 0.6 is 35.7 Å². The van der Waals surface area contributed by atoms with Gasteiger partial charge in [0.15, 0.2) is 5.96 Å². The molecule has 1 fully saturated rings. The minimum atomic E-state index is -0.447. The molecule has 1 atom stereocenters. The van der Waals surface area contributed by atoms with Gasteiger partial charge in [-0.15, -0.1) is 24.0 Å². The highest BCUT2D eigenvalue weighted by molar-refractivity contribution is 14.0. The van der Waals surface area contributed by atoms with Crippen molar-refractivity contribution in [1.29, 1.82) is 0 Å². The van der Waals surface area contributed by atoms with E-state index in [-0.39, 0.29) is 34.4 Å². The minimum absolute atomic E-state index is 0. The summed E-state index contributed by atoms with van der Waals surface area (Å²) in [6.45, 7) is 4.29. The van der Waals surface area contributed by atoms with E-state index in [1.165, 1.54) is 31.0 Å². The largest absolute Gasteiger partial charge is 0.355 e. The molecule has 1 aliphatic rings. The Morgan fingerprint density at radius 1 is 1.61 bits per heavy atom. The molecule has 0 bridgehead atoms. The molecule has 2 heterocycles. The fourth-order valence-electron chi connectivity index (χ4n) is 2.33. The van der Waals surface area contributed by atoms with E-state index in [0.717, 1.165) is 12.5 Å². The molecule has 1 aromatic rings. The first kappa shape index (κ1) is 20.0. The number of hydrogen-bond donors (Lipinski definition) is 2. The predicted molar refractivity (Wildman–Crippen MR) is 104 cm³/mol. The summed E-state index contributed by atoms with van der Waals surface area (Å²) in [5.41, 5.74) is 0.00805. The summed E-state index contributed by atoms with van der Waals surface area (Å²) in [5, 5.41) is 21.1. The van der Waals surface area contributed by atoms with E-state index in [1.54, 1.807) is 11.7 Å². The van der Waals surface area contributed by atoms with Gasteiger partial charge in [-0.3, -0.25) is 19.8 Å². The lowest BCUT2D eigenvalue weighted by Gasteiger charge is -2.24. The van der Waals surface area contributed by atoms with Gasteiger partial charge in [0.05, 0.1) is 11.5 Å². The number of guanidine groups is 1. The monoisotopic (exact) mass is 454 g/mol. The van der Waals surface area contributed by atoms with Crippen LogP contribution in [0.1, 0.15) is 19.8 Å². The van der Waals surface area contributed by atoms with E-state index in [0.29, 0.717) is 13.1 Å². The molecular weight excluding hydrogens is 431 g/mol. The lowest BCUT2D eigenvalue weighted by molar-refractivity contribution is -0.385. The molecule has 1 aliphatic heterocycles. The first-order valence-electron chi connectivity index (χ1n) is 7.28. The highest BCUT2D eigenvalue weighted by Crippen LogP contribution is 2.36. The number of halogens is 1. The van der Waals surface area contributed by atoms with E-state index < -0.39 is 4.92 Å². The molecule has 2 N–H and O–H groups in total. The van der Waals surface area contributed by atoms with E-state index >= 15 is 0 Å². The molecule has 0 aromatic carbocycles. The molecule has 0 saturated carbocycles. The maximum atomic E-state index is 10.6. The van der Waals surface area contributed by atoms with Gasteiger partial charge in [-0.2, -0.15) is 16.9 Å². The topological polar surface area (TPSA) is 97.4 Å². The predicted octanol–water partition coefficient (Wildman–Crippen LogP) is 1.86. The minimum Gasteiger partial charge on any atom is -0.355 e. The van der Waals surface area contributed by atoms with Crippen LogP contribution in [0.2, 0.25) is 0 Å². The fourth-order valence-corrected chi connectivity index (χ4v) is 3.57. The van der Waals surface area contributed by atoms with Crippen molar-refractivity contribution in [2.24, 2.45) is 4.99 Å². The van der Waals surface area contributed by atoms with Crippen LogP contribution in [0.25, 0.3) is 0 Å². The van der Waals surface area contributed by atoms with Gasteiger partial charge in [-0.05, 0) is 25.5 Å². The number of aliphatic imine (C=N–C) groups is 1. The second-order valence-electron chi connectivity index (χ2n) is 5.47. The van der Waals surface area contributed by atoms with Crippen molar-refractivity contribution >= 4 is 47.4 Å². The molecule has 1 unspecified atom stereocenters. The normalized spacial score (nSPS) is 20.9. The molecular formula is C13H23IN6O2S. The Balaban J connectivity index is 0.00000264. The Morgan fingerprint density at radius 3 is 2.96 bits per heavy atom. The molecule has 0 amide bonds. The Hall–Kier alpha value is -1.04. The summed E-state index contributed by atoms with van der Waals surface area (Å²) in [7, 11) is 1.73. The second kappa shape index (κ2) is 9.30. The van der Waals surface area contributed by atoms with Crippen LogP contribution in [-0.2, 0) is 6.54 Å². The van der Waals surface area contributed by atoms with Crippen LogP contribution in [0.5, 0.6) is 0 Å². The maximum Gasteiger partial charge on any atom is 0.306 e. The number of nitrogens with one attached hydrogen (secondary N) is 2. The summed E-state index contributed by atoms with van der Waals surface area (Å²) in [4.78, 5) is 14.3. The SMILES string of the molecule is CN=C(NCCn1cc([N+](=O)[O-])cn1)NCC1(C)CCCS1.I. The molecule has 0 spiro atoms. The highest BCUT2D eigenvalue weighted by atomic mass is 127. The van der Waals surface area contributed by atoms with Crippen molar-refractivity contribution in [2.75, 3.05) is 25.9 Å². The van der Waals surface area contributed by atoms with Crippen LogP contribution < -0.4 is 10.6 Å². The number of nitro groups is 1. The van der Waals surface area contributed by atoms with Crippen LogP contribution in [0.3, 0.4) is 0 Å². The van der Waals surface area contributed by atoms with Crippen LogP contribution in [0.4, 0.5) is 5.69 Å². The molecule has 130 valence electrons. The quantitative estimate of drug-likeness (QED) is 0.224. The zero-order valence-electron chi connectivity index (χ0n) is 13.3. The standard InChI is InChI=1S/C13H22N6O2S.HI/c1-13(4-3-7-22-13)10-16-12(14-2)15-5-6-18-9-11(8-17-18)19(20)21;/h8-9H,3-7,10H2,1-2H3,(H2,14,15,16);1H. The van der Waals surface area contributed by atoms with Gasteiger partial charge in [0, 0.05) is 24.9 Å². The van der Waals surface area contributed by atoms with Gasteiger partial charge in [-0.1, -0.05) is 0 Å². The lowest BCUT2D eigenvalue weighted by atomic mass is 10.1. The molecule has 1 aromatic heterocycles. The summed E-state index contributed by atoms with van der Waals surface area (Å²) in [5.74, 6) is 1.97. The van der Waals surface area contributed by atoms with Gasteiger partial charge < -0.3 is 10.6 Å². The smallest absolute Gasteiger partial charge is 0.306 e. The molecule has 8 nitrogen and oxygen atoms in total. The van der Waals surface area contributed by atoms with Gasteiger partial charge >= 0.3 is 5.69 Å². The number of rotatable bonds is 6. The second-order valence-corrected chi connectivity index (χ2v) is 7.16. The number of thioether (sulfide) groups is 1. The van der Waals surface area contributed by atoms with Crippen LogP contribution in [-0.4, -0.2) is 51.3 Å². The van der Waals surface area contributed by atoms with Crippen LogP contribution in [0.15, 0.2) is 17.4 Å². The average Bonchev–Trinajstić information content (AvgIpc) is 3.12. The third kappa shape index (κ3) is 6.16. The number of aromatic nitrogens is 2. The van der Waals surface area contributed by atoms with Crippen molar-refractivity contribution in [3.63, 3.8) is 0 Å². The first-order valence-corrected chi connectivity index (χ1v) is 8.26. The van der Waals surface area contributed by atoms with Crippen molar-refractivity contribution in [3.8, 4) is 0 Å². The van der Waals surface area contributed by atoms with Crippen LogP contribution in [0, 0.1) is 10.1 Å². The molecule has 2 rings (SSSR count). The van der Waals surface area contributed by atoms with Crippen molar-refractivity contribution in [1.82, 2.24) is 20.4 Å². The summed E-state index contributed by atoms with van der Waals surface area (Å²) in [6, 6.07) is 0. The van der Waals surface area contributed by atoms with E-state index in [2.05, 4.69) is 27.6 Å². The zero-order valence-corrected chi connectivity index (χ0v) is 16.5. The fraction of sp³-hybridized carbons (Fsp3) is 0.692. The maximum absolute atomic E-state index is 10.6. The Morgan fingerprint density at radius 2 is 2.39 bits per heavy atom. The highest BCUT2D eigenvalue weighted by Gasteiger charge is 2.29. The van der Waals surface area contributed by atoms with Gasteiger partial charge in [0.25, 0.3) is 0 Å². The van der Waals surface area contributed by atoms with E-state index in [1.807, 2.05) is 11.8 Å². The molecule has 0 radical (unpaired) electrons. The van der Waals surface area contributed by atoms with E-state index in [9.17, 15) is 10.1 Å². The molecule has 1 saturated heterocycles. The summed E-state index contributed by atoms with van der Waals surface area (Å²) >= 11 is 2.00. The zero-order chi connectivity index (χ0) is 16.0. The van der Waals surface area contributed by atoms with Gasteiger partial charge in [-0.25, -0.2) is 0 Å². The van der Waals surface area contributed by atoms with Gasteiger partial charge in [0.2, 0.25) is 0 Å². The summed E-state index contributed by atoms with van der Waals surface area (Å²) < 4.78 is 1.83. The van der Waals surface area contributed by atoms with E-state index in [4.69, 9.17) is 0 Å². The molecule has 23 heavy (non-hydrogen) atoms. The average molecular weight is 454 g/mol. The Labute approximate surface area is 157 Å². The Bertz CT molecular complexity index is 544. The number of nitrogens with zero attached hydrogens (tertiary/aromatic N) is 4. The molecule has 0 aliphatic carbocycles. The van der Waals surface area contributed by atoms with Crippen molar-refractivity contribution in [3.05, 3.63) is 22.5 Å². The van der Waals surface area contributed by atoms with Crippen molar-refractivity contribution < 1.29 is 4.92 Å². The van der Waals surface area contributed by atoms with Gasteiger partial charge in [0.1, 0.15) is 12.4 Å². The summed E-state index contributed by atoms with van der Waals surface area (Å²) in [6.07, 6.45) is 5.17. The van der Waals surface area contributed by atoms with Crippen molar-refractivity contribution in [2.45, 2.75) is 31.1 Å². The Kier molecular flexibility index (Phi) is 8.09. The first-order chi connectivity index (χ1) is 10.5. The molecule has 10 heteroatoms. The lowest BCUT2D eigenvalue weighted by Crippen LogP contribution is -2.44. The third-order valence-corrected chi connectivity index (χ3v) is 5.16. The third-order valence-electron chi connectivity index (χ3n) is 3.62. The number of hydrogen-bond acceptors (Lipinski definition) is 5.